The number of benzene rings is 3. The Balaban J connectivity index is 1.61. The van der Waals surface area contributed by atoms with Crippen molar-refractivity contribution in [1.29, 1.82) is 0 Å². The number of allylic oxidation sites excluding steroid dienone is 3. The van der Waals surface area contributed by atoms with E-state index >= 15 is 0 Å². The molecule has 3 heterocycles. The number of anilines is 1. The van der Waals surface area contributed by atoms with Gasteiger partial charge in [0.2, 0.25) is 11.0 Å². The Hall–Kier alpha value is -4.72. The van der Waals surface area contributed by atoms with Gasteiger partial charge < -0.3 is 4.90 Å². The molecule has 0 spiro atoms. The highest BCUT2D eigenvalue weighted by molar-refractivity contribution is 5.98. The number of fused-ring (bicyclic) bond motifs is 3. The van der Waals surface area contributed by atoms with Crippen LogP contribution in [0.1, 0.15) is 37.5 Å². The lowest BCUT2D eigenvalue weighted by molar-refractivity contribution is -0.668. The van der Waals surface area contributed by atoms with E-state index in [4.69, 9.17) is 0 Å². The molecule has 0 radical (unpaired) electrons. The first-order valence-corrected chi connectivity index (χ1v) is 14.3. The molecule has 0 atom stereocenters. The van der Waals surface area contributed by atoms with E-state index in [9.17, 15) is 0 Å². The van der Waals surface area contributed by atoms with Crippen molar-refractivity contribution in [1.82, 2.24) is 0 Å². The van der Waals surface area contributed by atoms with Crippen molar-refractivity contribution in [3.8, 4) is 0 Å². The van der Waals surface area contributed by atoms with E-state index in [1.165, 1.54) is 44.2 Å². The summed E-state index contributed by atoms with van der Waals surface area (Å²) in [7, 11) is 0. The molecule has 0 amide bonds. The van der Waals surface area contributed by atoms with Crippen molar-refractivity contribution in [2.75, 3.05) is 11.4 Å². The van der Waals surface area contributed by atoms with Crippen LogP contribution in [0.15, 0.2) is 121 Å². The summed E-state index contributed by atoms with van der Waals surface area (Å²) in [5, 5.41) is 2.47. The summed E-state index contributed by atoms with van der Waals surface area (Å²) < 4.78 is 4.60. The number of para-hydroxylation sites is 3. The van der Waals surface area contributed by atoms with Crippen LogP contribution in [0.2, 0.25) is 0 Å². The van der Waals surface area contributed by atoms with Crippen LogP contribution in [-0.2, 0) is 13.1 Å². The summed E-state index contributed by atoms with van der Waals surface area (Å²) >= 11 is 0. The van der Waals surface area contributed by atoms with E-state index < -0.39 is 0 Å². The molecular formula is C37H35N3+2. The molecule has 3 aromatic carbocycles. The van der Waals surface area contributed by atoms with Gasteiger partial charge in [-0.25, -0.2) is 0 Å². The molecule has 2 aromatic heterocycles. The van der Waals surface area contributed by atoms with Gasteiger partial charge in [-0.3, -0.25) is 0 Å². The molecule has 0 aliphatic carbocycles. The van der Waals surface area contributed by atoms with Gasteiger partial charge in [-0.05, 0) is 56.7 Å². The minimum absolute atomic E-state index is 0.924. The molecule has 6 rings (SSSR count). The Labute approximate surface area is 237 Å². The van der Waals surface area contributed by atoms with Crippen LogP contribution < -0.4 is 14.0 Å². The van der Waals surface area contributed by atoms with Crippen molar-refractivity contribution in [3.05, 3.63) is 138 Å². The number of nitrogens with zero attached hydrogens (tertiary/aromatic N) is 3. The van der Waals surface area contributed by atoms with Gasteiger partial charge in [0, 0.05) is 65.0 Å². The van der Waals surface area contributed by atoms with Crippen LogP contribution in [0.5, 0.6) is 0 Å². The average Bonchev–Trinajstić information content (AvgIpc) is 3.02. The summed E-state index contributed by atoms with van der Waals surface area (Å²) in [6, 6.07) is 30.4. The number of aromatic nitrogens is 2. The van der Waals surface area contributed by atoms with Gasteiger partial charge in [0.25, 0.3) is 0 Å². The van der Waals surface area contributed by atoms with Gasteiger partial charge in [0.1, 0.15) is 13.1 Å². The highest BCUT2D eigenvalue weighted by Gasteiger charge is 2.17. The second-order valence-corrected chi connectivity index (χ2v) is 10.0. The van der Waals surface area contributed by atoms with E-state index in [2.05, 4.69) is 162 Å². The van der Waals surface area contributed by atoms with Crippen LogP contribution >= 0.6 is 0 Å². The Morgan fingerprint density at radius 1 is 0.750 bits per heavy atom. The second kappa shape index (κ2) is 11.2. The fourth-order valence-electron chi connectivity index (χ4n) is 5.71. The number of hydrogen-bond donors (Lipinski definition) is 0. The summed E-state index contributed by atoms with van der Waals surface area (Å²) in [4.78, 5) is 2.29. The average molecular weight is 522 g/mol. The third kappa shape index (κ3) is 4.66. The molecule has 1 aliphatic heterocycles. The van der Waals surface area contributed by atoms with Gasteiger partial charge in [-0.2, -0.15) is 9.13 Å². The minimum atomic E-state index is 0.924. The predicted octanol–water partition coefficient (Wildman–Crippen LogP) is 7.74. The zero-order chi connectivity index (χ0) is 27.5. The van der Waals surface area contributed by atoms with Crippen LogP contribution in [0.3, 0.4) is 0 Å². The standard InChI is InChI=1S/C37H35N3/c1-4-38-24-21-28(32-13-7-10-16-35(32)38)19-20-29(31-23-26-40(6-3)37-18-12-9-15-34(31)37)27-30-22-25-39(5-2)36-17-11-8-14-33(30)36/h7-26H,4-6H2,1-3H3/q+2. The van der Waals surface area contributed by atoms with Crippen LogP contribution in [0.4, 0.5) is 5.69 Å². The van der Waals surface area contributed by atoms with Gasteiger partial charge in [-0.15, -0.1) is 5.73 Å². The molecule has 5 aromatic rings. The predicted molar refractivity (Wildman–Crippen MR) is 168 cm³/mol. The molecule has 40 heavy (non-hydrogen) atoms. The van der Waals surface area contributed by atoms with Gasteiger partial charge in [0.15, 0.2) is 12.4 Å². The summed E-state index contributed by atoms with van der Waals surface area (Å²) in [6.07, 6.45) is 13.2. The first-order valence-electron chi connectivity index (χ1n) is 14.3. The first kappa shape index (κ1) is 25.6. The van der Waals surface area contributed by atoms with Crippen LogP contribution in [-0.4, -0.2) is 6.54 Å². The zero-order valence-corrected chi connectivity index (χ0v) is 23.5. The molecule has 0 saturated heterocycles. The fraction of sp³-hybridized carbons (Fsp3) is 0.162. The molecular weight excluding hydrogens is 486 g/mol. The van der Waals surface area contributed by atoms with Crippen molar-refractivity contribution >= 4 is 44.7 Å². The lowest BCUT2D eigenvalue weighted by atomic mass is 9.96. The number of hydrogen-bond acceptors (Lipinski definition) is 1. The zero-order valence-electron chi connectivity index (χ0n) is 23.5. The fourth-order valence-corrected chi connectivity index (χ4v) is 5.71. The van der Waals surface area contributed by atoms with Crippen molar-refractivity contribution in [2.24, 2.45) is 0 Å². The summed E-state index contributed by atoms with van der Waals surface area (Å²) in [5.74, 6) is 0. The van der Waals surface area contributed by atoms with Crippen molar-refractivity contribution in [3.63, 3.8) is 0 Å². The Kier molecular flexibility index (Phi) is 7.14. The topological polar surface area (TPSA) is 11.0 Å². The highest BCUT2D eigenvalue weighted by atomic mass is 15.1. The monoisotopic (exact) mass is 521 g/mol. The molecule has 1 aliphatic rings. The SMILES string of the molecule is CCN1C=CC(=C=C(C=Cc2cc[n+](CC)c3ccccc23)c2cc[n+](CC)c3ccccc23)c2ccccc21. The lowest BCUT2D eigenvalue weighted by Gasteiger charge is -2.25. The van der Waals surface area contributed by atoms with Gasteiger partial charge >= 0.3 is 0 Å². The van der Waals surface area contributed by atoms with Crippen LogP contribution in [0, 0.1) is 0 Å². The van der Waals surface area contributed by atoms with Crippen molar-refractivity contribution < 1.29 is 9.13 Å². The Bertz CT molecular complexity index is 1850. The highest BCUT2D eigenvalue weighted by Crippen LogP contribution is 2.34. The molecule has 0 fully saturated rings. The van der Waals surface area contributed by atoms with Crippen molar-refractivity contribution in [2.45, 2.75) is 33.9 Å². The quantitative estimate of drug-likeness (QED) is 0.126. The lowest BCUT2D eigenvalue weighted by Crippen LogP contribution is -2.32. The molecule has 3 heteroatoms. The maximum absolute atomic E-state index is 3.86. The van der Waals surface area contributed by atoms with E-state index in [-0.39, 0.29) is 0 Å². The third-order valence-electron chi connectivity index (χ3n) is 7.82. The molecule has 0 N–H and O–H groups in total. The maximum Gasteiger partial charge on any atom is 0.213 e. The third-order valence-corrected chi connectivity index (χ3v) is 7.82. The van der Waals surface area contributed by atoms with E-state index in [1.54, 1.807) is 0 Å². The van der Waals surface area contributed by atoms with E-state index in [0.29, 0.717) is 0 Å². The molecule has 3 nitrogen and oxygen atoms in total. The molecule has 0 unspecified atom stereocenters. The van der Waals surface area contributed by atoms with Gasteiger partial charge in [-0.1, -0.05) is 48.5 Å². The Morgan fingerprint density at radius 2 is 1.40 bits per heavy atom. The number of pyridine rings is 2. The largest absolute Gasteiger partial charge is 0.348 e. The normalized spacial score (nSPS) is 12.8. The first-order chi connectivity index (χ1) is 19.7. The smallest absolute Gasteiger partial charge is 0.213 e. The number of aryl methyl sites for hydroxylation is 2. The summed E-state index contributed by atoms with van der Waals surface area (Å²) in [5.41, 5.74) is 13.3. The second-order valence-electron chi connectivity index (χ2n) is 10.0. The maximum atomic E-state index is 3.86. The number of rotatable bonds is 6. The molecule has 196 valence electrons. The van der Waals surface area contributed by atoms with E-state index in [0.717, 1.165) is 30.8 Å². The molecule has 0 bridgehead atoms. The minimum Gasteiger partial charge on any atom is -0.348 e. The van der Waals surface area contributed by atoms with E-state index in [1.807, 2.05) is 0 Å². The Morgan fingerprint density at radius 3 is 2.15 bits per heavy atom. The van der Waals surface area contributed by atoms with Gasteiger partial charge in [0.05, 0.1) is 10.8 Å². The summed E-state index contributed by atoms with van der Waals surface area (Å²) in [6.45, 7) is 9.36. The van der Waals surface area contributed by atoms with Crippen LogP contribution in [0.25, 0.3) is 39.0 Å². The molecule has 0 saturated carbocycles.